The molecular weight excluding hydrogens is 186 g/mol. The van der Waals surface area contributed by atoms with Gasteiger partial charge in [-0.05, 0) is 0 Å². The maximum absolute atomic E-state index is 11.7. The van der Waals surface area contributed by atoms with Gasteiger partial charge >= 0.3 is 12.2 Å². The van der Waals surface area contributed by atoms with E-state index in [1.807, 2.05) is 5.10 Å². The van der Waals surface area contributed by atoms with Gasteiger partial charge in [0.05, 0.1) is 7.11 Å². The van der Waals surface area contributed by atoms with Gasteiger partial charge in [-0.25, -0.2) is 5.10 Å². The Hall–Kier alpha value is -1.66. The van der Waals surface area contributed by atoms with E-state index in [1.54, 1.807) is 0 Å². The van der Waals surface area contributed by atoms with Gasteiger partial charge in [-0.3, -0.25) is 4.79 Å². The van der Waals surface area contributed by atoms with Gasteiger partial charge in [-0.1, -0.05) is 0 Å². The Morgan fingerprint density at radius 3 is 2.85 bits per heavy atom. The lowest BCUT2D eigenvalue weighted by atomic mass is 10.5. The van der Waals surface area contributed by atoms with Crippen molar-refractivity contribution in [3.63, 3.8) is 0 Å². The first kappa shape index (κ1) is 9.43. The van der Waals surface area contributed by atoms with Crippen molar-refractivity contribution in [1.29, 1.82) is 0 Å². The molecule has 0 radical (unpaired) electrons. The van der Waals surface area contributed by atoms with Crippen LogP contribution in [0.2, 0.25) is 0 Å². The van der Waals surface area contributed by atoms with Gasteiger partial charge in [0.2, 0.25) is 5.88 Å². The van der Waals surface area contributed by atoms with E-state index in [2.05, 4.69) is 14.6 Å². The van der Waals surface area contributed by atoms with Crippen LogP contribution in [0.3, 0.4) is 0 Å². The summed E-state index contributed by atoms with van der Waals surface area (Å²) in [5.74, 6) is -0.530. The number of aromatic nitrogens is 2. The average Bonchev–Trinajstić information content (AvgIpc) is 2.07. The van der Waals surface area contributed by atoms with Crippen LogP contribution < -0.4 is 15.0 Å². The quantitative estimate of drug-likeness (QED) is 0.751. The molecule has 0 fully saturated rings. The molecule has 0 bridgehead atoms. The molecule has 1 aromatic heterocycles. The number of ether oxygens (including phenoxy) is 2. The molecule has 5 nitrogen and oxygen atoms in total. The molecule has 0 aliphatic rings. The Morgan fingerprint density at radius 1 is 1.62 bits per heavy atom. The number of aromatic amines is 1. The number of alkyl halides is 2. The third-order valence-electron chi connectivity index (χ3n) is 1.18. The van der Waals surface area contributed by atoms with Crippen molar-refractivity contribution >= 4 is 0 Å². The Morgan fingerprint density at radius 2 is 2.31 bits per heavy atom. The zero-order chi connectivity index (χ0) is 9.84. The fourth-order valence-electron chi connectivity index (χ4n) is 0.674. The number of halogens is 2. The largest absolute Gasteiger partial charge is 0.491 e. The van der Waals surface area contributed by atoms with Crippen LogP contribution in [0.15, 0.2) is 10.9 Å². The maximum atomic E-state index is 11.7. The molecule has 1 aromatic rings. The molecule has 1 N–H and O–H groups in total. The summed E-state index contributed by atoms with van der Waals surface area (Å²) in [7, 11) is 1.23. The molecule has 72 valence electrons. The number of rotatable bonds is 3. The number of methoxy groups -OCH3 is 1. The van der Waals surface area contributed by atoms with Crippen LogP contribution in [-0.2, 0) is 0 Å². The Kier molecular flexibility index (Phi) is 2.78. The third kappa shape index (κ3) is 2.39. The number of hydrogen-bond acceptors (Lipinski definition) is 4. The van der Waals surface area contributed by atoms with E-state index in [9.17, 15) is 13.6 Å². The van der Waals surface area contributed by atoms with Gasteiger partial charge in [0, 0.05) is 6.07 Å². The summed E-state index contributed by atoms with van der Waals surface area (Å²) in [6.45, 7) is -2.98. The molecule has 0 aromatic carbocycles. The minimum Gasteiger partial charge on any atom is -0.491 e. The van der Waals surface area contributed by atoms with E-state index < -0.39 is 18.1 Å². The molecule has 0 saturated heterocycles. The molecular formula is C6H6F2N2O3. The monoisotopic (exact) mass is 192 g/mol. The lowest BCUT2D eigenvalue weighted by Crippen LogP contribution is -2.13. The van der Waals surface area contributed by atoms with E-state index in [0.717, 1.165) is 6.07 Å². The van der Waals surface area contributed by atoms with E-state index in [1.165, 1.54) is 7.11 Å². The van der Waals surface area contributed by atoms with Crippen molar-refractivity contribution in [3.8, 4) is 11.6 Å². The summed E-state index contributed by atoms with van der Waals surface area (Å²) < 4.78 is 31.8. The molecule has 1 rings (SSSR count). The van der Waals surface area contributed by atoms with Crippen molar-refractivity contribution < 1.29 is 18.3 Å². The molecule has 0 spiro atoms. The smallest absolute Gasteiger partial charge is 0.388 e. The molecule has 1 heterocycles. The summed E-state index contributed by atoms with van der Waals surface area (Å²) in [4.78, 5) is 10.8. The molecule has 0 amide bonds. The first-order valence-corrected chi connectivity index (χ1v) is 3.22. The fraction of sp³-hybridized carbons (Fsp3) is 0.333. The number of nitrogens with one attached hydrogen (secondary N) is 1. The van der Waals surface area contributed by atoms with Gasteiger partial charge in [-0.2, -0.15) is 8.78 Å². The second-order valence-electron chi connectivity index (χ2n) is 1.98. The van der Waals surface area contributed by atoms with Crippen molar-refractivity contribution in [1.82, 2.24) is 10.2 Å². The molecule has 0 atom stereocenters. The van der Waals surface area contributed by atoms with Crippen LogP contribution >= 0.6 is 0 Å². The minimum absolute atomic E-state index is 0.134. The predicted octanol–water partition coefficient (Wildman–Crippen LogP) is 0.380. The topological polar surface area (TPSA) is 64.2 Å². The number of nitrogens with zero attached hydrogens (tertiary/aromatic N) is 1. The molecule has 7 heteroatoms. The van der Waals surface area contributed by atoms with Crippen LogP contribution in [0.5, 0.6) is 11.6 Å². The highest BCUT2D eigenvalue weighted by molar-refractivity contribution is 5.22. The SMILES string of the molecule is COc1cc(OC(F)F)n[nH]c1=O. The highest BCUT2D eigenvalue weighted by atomic mass is 19.3. The van der Waals surface area contributed by atoms with Crippen LogP contribution in [0, 0.1) is 0 Å². The highest BCUT2D eigenvalue weighted by Crippen LogP contribution is 2.12. The van der Waals surface area contributed by atoms with Crippen molar-refractivity contribution in [3.05, 3.63) is 16.4 Å². The number of hydrogen-bond donors (Lipinski definition) is 1. The Bertz CT molecular complexity index is 339. The van der Waals surface area contributed by atoms with E-state index in [0.29, 0.717) is 0 Å². The van der Waals surface area contributed by atoms with Crippen LogP contribution in [0.4, 0.5) is 8.78 Å². The zero-order valence-corrected chi connectivity index (χ0v) is 6.58. The predicted molar refractivity (Wildman–Crippen MR) is 38.0 cm³/mol. The highest BCUT2D eigenvalue weighted by Gasteiger charge is 2.08. The number of H-pyrrole nitrogens is 1. The van der Waals surface area contributed by atoms with Gasteiger partial charge in [0.1, 0.15) is 0 Å². The van der Waals surface area contributed by atoms with Gasteiger partial charge in [0.15, 0.2) is 5.75 Å². The lowest BCUT2D eigenvalue weighted by Gasteiger charge is -2.03. The van der Waals surface area contributed by atoms with Crippen molar-refractivity contribution in [2.24, 2.45) is 0 Å². The summed E-state index contributed by atoms with van der Waals surface area (Å²) in [5.41, 5.74) is -0.607. The Labute approximate surface area is 71.3 Å². The van der Waals surface area contributed by atoms with E-state index in [-0.39, 0.29) is 5.75 Å². The second kappa shape index (κ2) is 3.83. The average molecular weight is 192 g/mol. The first-order valence-electron chi connectivity index (χ1n) is 3.22. The van der Waals surface area contributed by atoms with Gasteiger partial charge < -0.3 is 9.47 Å². The fourth-order valence-corrected chi connectivity index (χ4v) is 0.674. The van der Waals surface area contributed by atoms with E-state index >= 15 is 0 Å². The van der Waals surface area contributed by atoms with Gasteiger partial charge in [0.25, 0.3) is 0 Å². The van der Waals surface area contributed by atoms with Crippen LogP contribution in [0.25, 0.3) is 0 Å². The molecule has 0 aliphatic heterocycles. The minimum atomic E-state index is -2.98. The second-order valence-corrected chi connectivity index (χ2v) is 1.98. The van der Waals surface area contributed by atoms with Crippen LogP contribution in [0.1, 0.15) is 0 Å². The summed E-state index contributed by atoms with van der Waals surface area (Å²) in [6, 6.07) is 0.977. The summed E-state index contributed by atoms with van der Waals surface area (Å²) in [5, 5.41) is 5.14. The maximum Gasteiger partial charge on any atom is 0.388 e. The zero-order valence-electron chi connectivity index (χ0n) is 6.58. The molecule has 0 aliphatic carbocycles. The van der Waals surface area contributed by atoms with Crippen molar-refractivity contribution in [2.75, 3.05) is 7.11 Å². The normalized spacial score (nSPS) is 10.2. The van der Waals surface area contributed by atoms with Crippen LogP contribution in [-0.4, -0.2) is 23.9 Å². The summed E-state index contributed by atoms with van der Waals surface area (Å²) in [6.07, 6.45) is 0. The molecule has 0 unspecified atom stereocenters. The Balaban J connectivity index is 2.93. The first-order chi connectivity index (χ1) is 6.13. The standard InChI is InChI=1S/C6H6F2N2O3/c1-12-3-2-4(13-6(7)8)9-10-5(3)11/h2,6H,1H3,(H,10,11). The summed E-state index contributed by atoms with van der Waals surface area (Å²) >= 11 is 0. The van der Waals surface area contributed by atoms with E-state index in [4.69, 9.17) is 0 Å². The molecule has 13 heavy (non-hydrogen) atoms. The van der Waals surface area contributed by atoms with Gasteiger partial charge in [-0.15, -0.1) is 5.10 Å². The molecule has 0 saturated carbocycles. The lowest BCUT2D eigenvalue weighted by molar-refractivity contribution is -0.0535. The van der Waals surface area contributed by atoms with Crippen molar-refractivity contribution in [2.45, 2.75) is 6.61 Å². The third-order valence-corrected chi connectivity index (χ3v) is 1.18.